The Labute approximate surface area is 197 Å². The van der Waals surface area contributed by atoms with Crippen molar-refractivity contribution in [3.63, 3.8) is 0 Å². The molecule has 0 spiro atoms. The molecule has 8 heteroatoms. The van der Waals surface area contributed by atoms with Crippen LogP contribution in [0.25, 0.3) is 11.5 Å². The molecule has 33 heavy (non-hydrogen) atoms. The molecule has 0 unspecified atom stereocenters. The summed E-state index contributed by atoms with van der Waals surface area (Å²) >= 11 is 6.07. The molecular formula is C25H25ClN4O3. The third-order valence-corrected chi connectivity index (χ3v) is 6.82. The molecule has 5 rings (SSSR count). The van der Waals surface area contributed by atoms with Gasteiger partial charge >= 0.3 is 0 Å². The Hall–Kier alpha value is -3.19. The van der Waals surface area contributed by atoms with Gasteiger partial charge in [0.1, 0.15) is 0 Å². The minimum atomic E-state index is -0.328. The first-order chi connectivity index (χ1) is 16.0. The lowest BCUT2D eigenvalue weighted by Gasteiger charge is -2.32. The Bertz CT molecular complexity index is 1190. The Morgan fingerprint density at radius 1 is 1.12 bits per heavy atom. The van der Waals surface area contributed by atoms with E-state index in [2.05, 4.69) is 10.1 Å². The van der Waals surface area contributed by atoms with E-state index in [1.54, 1.807) is 17.0 Å². The summed E-state index contributed by atoms with van der Waals surface area (Å²) < 4.78 is 5.52. The smallest absolute Gasteiger partial charge is 0.258 e. The number of aromatic nitrogens is 2. The highest BCUT2D eigenvalue weighted by Gasteiger charge is 2.38. The summed E-state index contributed by atoms with van der Waals surface area (Å²) in [5, 5.41) is 4.79. The second-order valence-corrected chi connectivity index (χ2v) is 9.19. The molecule has 0 N–H and O–H groups in total. The first-order valence-corrected chi connectivity index (χ1v) is 11.6. The van der Waals surface area contributed by atoms with E-state index in [4.69, 9.17) is 16.1 Å². The first kappa shape index (κ1) is 21.6. The van der Waals surface area contributed by atoms with Crippen LogP contribution in [-0.4, -0.2) is 46.5 Å². The molecule has 3 heterocycles. The van der Waals surface area contributed by atoms with E-state index < -0.39 is 0 Å². The Kier molecular flexibility index (Phi) is 5.89. The predicted molar refractivity (Wildman–Crippen MR) is 125 cm³/mol. The van der Waals surface area contributed by atoms with Crippen molar-refractivity contribution in [1.82, 2.24) is 15.0 Å². The van der Waals surface area contributed by atoms with Gasteiger partial charge in [0.2, 0.25) is 11.8 Å². The molecule has 0 bridgehead atoms. The lowest BCUT2D eigenvalue weighted by atomic mass is 9.95. The van der Waals surface area contributed by atoms with Crippen molar-refractivity contribution in [3.05, 3.63) is 64.9 Å². The maximum absolute atomic E-state index is 13.1. The number of likely N-dealkylation sites (tertiary alicyclic amines) is 1. The number of piperidine rings is 1. The van der Waals surface area contributed by atoms with Crippen molar-refractivity contribution in [3.8, 4) is 11.5 Å². The summed E-state index contributed by atoms with van der Waals surface area (Å²) in [6.07, 6.45) is 1.78. The van der Waals surface area contributed by atoms with Crippen molar-refractivity contribution < 1.29 is 14.1 Å². The summed E-state index contributed by atoms with van der Waals surface area (Å²) in [5.74, 6) is 1.06. The molecule has 0 radical (unpaired) electrons. The molecule has 0 aliphatic carbocycles. The van der Waals surface area contributed by atoms with Crippen LogP contribution in [0.4, 0.5) is 5.69 Å². The number of amides is 2. The molecule has 1 atom stereocenters. The van der Waals surface area contributed by atoms with Gasteiger partial charge in [0.15, 0.2) is 5.82 Å². The highest BCUT2D eigenvalue weighted by atomic mass is 35.5. The Morgan fingerprint density at radius 2 is 1.91 bits per heavy atom. The van der Waals surface area contributed by atoms with Gasteiger partial charge in [-0.05, 0) is 49.6 Å². The quantitative estimate of drug-likeness (QED) is 0.569. The molecule has 2 aromatic carbocycles. The molecule has 0 saturated carbocycles. The number of rotatable bonds is 4. The molecule has 2 aliphatic rings. The number of carbonyl (C=O) groups is 2. The van der Waals surface area contributed by atoms with Crippen LogP contribution < -0.4 is 4.90 Å². The molecule has 2 saturated heterocycles. The number of halogens is 1. The monoisotopic (exact) mass is 464 g/mol. The van der Waals surface area contributed by atoms with E-state index in [9.17, 15) is 9.59 Å². The molecule has 2 aliphatic heterocycles. The number of benzene rings is 2. The highest BCUT2D eigenvalue weighted by molar-refractivity contribution is 6.31. The minimum Gasteiger partial charge on any atom is -0.342 e. The predicted octanol–water partition coefficient (Wildman–Crippen LogP) is 4.46. The molecule has 2 fully saturated rings. The van der Waals surface area contributed by atoms with Gasteiger partial charge in [-0.3, -0.25) is 9.59 Å². The van der Waals surface area contributed by atoms with Gasteiger partial charge in [-0.15, -0.1) is 0 Å². The van der Waals surface area contributed by atoms with E-state index >= 15 is 0 Å². The topological polar surface area (TPSA) is 79.5 Å². The Morgan fingerprint density at radius 3 is 2.67 bits per heavy atom. The van der Waals surface area contributed by atoms with Crippen LogP contribution in [0.3, 0.4) is 0 Å². The highest BCUT2D eigenvalue weighted by Crippen LogP contribution is 2.32. The average molecular weight is 465 g/mol. The van der Waals surface area contributed by atoms with E-state index in [1.807, 2.05) is 48.2 Å². The van der Waals surface area contributed by atoms with Crippen LogP contribution in [0.15, 0.2) is 53.1 Å². The largest absolute Gasteiger partial charge is 0.342 e. The lowest BCUT2D eigenvalue weighted by molar-refractivity contribution is -0.136. The number of aryl methyl sites for hydroxylation is 1. The Balaban J connectivity index is 1.20. The number of hydrogen-bond donors (Lipinski definition) is 0. The molecule has 170 valence electrons. The summed E-state index contributed by atoms with van der Waals surface area (Å²) in [7, 11) is 0. The van der Waals surface area contributed by atoms with Crippen molar-refractivity contribution in [2.75, 3.05) is 24.5 Å². The fourth-order valence-corrected chi connectivity index (χ4v) is 4.89. The zero-order valence-electron chi connectivity index (χ0n) is 18.4. The summed E-state index contributed by atoms with van der Waals surface area (Å²) in [6, 6.07) is 15.1. The third-order valence-electron chi connectivity index (χ3n) is 6.58. The van der Waals surface area contributed by atoms with Gasteiger partial charge in [-0.1, -0.05) is 41.0 Å². The zero-order valence-corrected chi connectivity index (χ0v) is 19.2. The summed E-state index contributed by atoms with van der Waals surface area (Å²) in [6.45, 7) is 3.66. The van der Waals surface area contributed by atoms with Crippen LogP contribution >= 0.6 is 11.6 Å². The molecule has 2 amide bonds. The van der Waals surface area contributed by atoms with Crippen LogP contribution in [0, 0.1) is 12.8 Å². The SMILES string of the molecule is Cc1ccccc1-c1nc(C2CCN(C(=O)[C@H]3CC(=O)N(c4cccc(Cl)c4)C3)CC2)no1. The van der Waals surface area contributed by atoms with Crippen molar-refractivity contribution in [2.45, 2.75) is 32.1 Å². The second-order valence-electron chi connectivity index (χ2n) is 8.76. The van der Waals surface area contributed by atoms with Crippen molar-refractivity contribution in [1.29, 1.82) is 0 Å². The minimum absolute atomic E-state index is 0.0407. The van der Waals surface area contributed by atoms with Gasteiger partial charge in [0, 0.05) is 48.2 Å². The number of nitrogens with zero attached hydrogens (tertiary/aromatic N) is 4. The number of carbonyl (C=O) groups excluding carboxylic acids is 2. The van der Waals surface area contributed by atoms with Gasteiger partial charge < -0.3 is 14.3 Å². The van der Waals surface area contributed by atoms with E-state index in [0.717, 1.165) is 29.7 Å². The standard InChI is InChI=1S/C25H25ClN4O3/c1-16-5-2-3-8-21(16)24-27-23(28-33-24)17-9-11-29(12-10-17)25(32)18-13-22(31)30(15-18)20-7-4-6-19(26)14-20/h2-8,14,17-18H,9-13,15H2,1H3/t18-/m0/s1. The average Bonchev–Trinajstić information content (AvgIpc) is 3.46. The molecule has 3 aromatic rings. The van der Waals surface area contributed by atoms with E-state index in [0.29, 0.717) is 36.4 Å². The number of hydrogen-bond acceptors (Lipinski definition) is 5. The lowest BCUT2D eigenvalue weighted by Crippen LogP contribution is -2.42. The van der Waals surface area contributed by atoms with Gasteiger partial charge in [-0.2, -0.15) is 4.98 Å². The van der Waals surface area contributed by atoms with Crippen molar-refractivity contribution in [2.24, 2.45) is 5.92 Å². The fourth-order valence-electron chi connectivity index (χ4n) is 4.71. The van der Waals surface area contributed by atoms with Crippen molar-refractivity contribution >= 4 is 29.1 Å². The molecule has 7 nitrogen and oxygen atoms in total. The van der Waals surface area contributed by atoms with Crippen LogP contribution in [0.2, 0.25) is 5.02 Å². The van der Waals surface area contributed by atoms with Gasteiger partial charge in [-0.25, -0.2) is 0 Å². The fraction of sp³-hybridized carbons (Fsp3) is 0.360. The van der Waals surface area contributed by atoms with Crippen LogP contribution in [0.1, 0.15) is 36.6 Å². The van der Waals surface area contributed by atoms with Crippen LogP contribution in [-0.2, 0) is 9.59 Å². The number of anilines is 1. The summed E-state index contributed by atoms with van der Waals surface area (Å²) in [4.78, 5) is 33.8. The van der Waals surface area contributed by atoms with Gasteiger partial charge in [0.05, 0.1) is 5.92 Å². The maximum Gasteiger partial charge on any atom is 0.258 e. The van der Waals surface area contributed by atoms with Crippen LogP contribution in [0.5, 0.6) is 0 Å². The molecule has 1 aromatic heterocycles. The maximum atomic E-state index is 13.1. The zero-order chi connectivity index (χ0) is 22.9. The normalized spacial score (nSPS) is 19.3. The second kappa shape index (κ2) is 8.98. The molecular weight excluding hydrogens is 440 g/mol. The van der Waals surface area contributed by atoms with E-state index in [-0.39, 0.29) is 30.1 Å². The third kappa shape index (κ3) is 4.37. The van der Waals surface area contributed by atoms with E-state index in [1.165, 1.54) is 0 Å². The first-order valence-electron chi connectivity index (χ1n) is 11.2. The summed E-state index contributed by atoms with van der Waals surface area (Å²) in [5.41, 5.74) is 2.77. The van der Waals surface area contributed by atoms with Gasteiger partial charge in [0.25, 0.3) is 5.89 Å².